The average Bonchev–Trinajstić information content (AvgIpc) is 3.12. The van der Waals surface area contributed by atoms with Crippen LogP contribution in [0.4, 0.5) is 0 Å². The lowest BCUT2D eigenvalue weighted by atomic mass is 9.82. The van der Waals surface area contributed by atoms with E-state index in [1.54, 1.807) is 7.11 Å². The number of para-hydroxylation sites is 1. The third-order valence-corrected chi connectivity index (χ3v) is 7.03. The molecule has 3 heterocycles. The first-order valence-electron chi connectivity index (χ1n) is 11.0. The highest BCUT2D eigenvalue weighted by molar-refractivity contribution is 5.86. The number of nitrogens with zero attached hydrogens (tertiary/aromatic N) is 2. The molecule has 2 atom stereocenters. The number of methoxy groups -OCH3 is 1. The molecule has 1 aromatic heterocycles. The second kappa shape index (κ2) is 7.93. The van der Waals surface area contributed by atoms with Crippen LogP contribution >= 0.6 is 0 Å². The van der Waals surface area contributed by atoms with Crippen LogP contribution in [0.25, 0.3) is 10.9 Å². The summed E-state index contributed by atoms with van der Waals surface area (Å²) in [5.41, 5.74) is 6.93. The Kier molecular flexibility index (Phi) is 5.13. The minimum Gasteiger partial charge on any atom is -0.497 e. The molecule has 3 aromatic rings. The molecule has 0 radical (unpaired) electrons. The molecule has 0 aliphatic carbocycles. The zero-order chi connectivity index (χ0) is 20.7. The molecule has 0 bridgehead atoms. The molecule has 2 aliphatic heterocycles. The van der Waals surface area contributed by atoms with Crippen molar-refractivity contribution in [3.63, 3.8) is 0 Å². The van der Waals surface area contributed by atoms with Gasteiger partial charge >= 0.3 is 0 Å². The largest absolute Gasteiger partial charge is 0.497 e. The van der Waals surface area contributed by atoms with E-state index in [-0.39, 0.29) is 12.5 Å². The van der Waals surface area contributed by atoms with Gasteiger partial charge in [-0.25, -0.2) is 0 Å². The van der Waals surface area contributed by atoms with Crippen LogP contribution < -0.4 is 4.74 Å². The monoisotopic (exact) mass is 402 g/mol. The van der Waals surface area contributed by atoms with E-state index in [9.17, 15) is 5.11 Å². The smallest absolute Gasteiger partial charge is 0.118 e. The lowest BCUT2D eigenvalue weighted by molar-refractivity contribution is 0.108. The van der Waals surface area contributed by atoms with E-state index in [0.29, 0.717) is 6.04 Å². The number of piperidine rings is 1. The van der Waals surface area contributed by atoms with Gasteiger partial charge in [0.05, 0.1) is 13.2 Å². The third kappa shape index (κ3) is 3.15. The van der Waals surface area contributed by atoms with Crippen LogP contribution in [0.2, 0.25) is 0 Å². The van der Waals surface area contributed by atoms with E-state index in [1.165, 1.54) is 33.3 Å². The topological polar surface area (TPSA) is 37.6 Å². The Morgan fingerprint density at radius 3 is 2.67 bits per heavy atom. The standard InChI is InChI=1S/C26H30N2O2/c1-3-19-16-27-13-12-23-22-6-4-5-7-24(22)28(26(23)25(27)14-20(19)17-29)15-18-8-10-21(30-2)11-9-18/h3-11,20,25,29H,12-17H2,1-2H3/b19-3-/t20-,25+/m1/s1. The van der Waals surface area contributed by atoms with E-state index < -0.39 is 0 Å². The molecule has 2 aromatic carbocycles. The summed E-state index contributed by atoms with van der Waals surface area (Å²) in [6, 6.07) is 17.6. The molecule has 0 saturated carbocycles. The van der Waals surface area contributed by atoms with Crippen molar-refractivity contribution in [2.24, 2.45) is 5.92 Å². The molecule has 30 heavy (non-hydrogen) atoms. The second-order valence-electron chi connectivity index (χ2n) is 8.53. The highest BCUT2D eigenvalue weighted by atomic mass is 16.5. The lowest BCUT2D eigenvalue weighted by Crippen LogP contribution is -2.44. The number of hydrogen-bond donors (Lipinski definition) is 1. The van der Waals surface area contributed by atoms with Gasteiger partial charge in [-0.3, -0.25) is 4.90 Å². The average molecular weight is 403 g/mol. The quantitative estimate of drug-likeness (QED) is 0.651. The molecule has 2 aliphatic rings. The van der Waals surface area contributed by atoms with Gasteiger partial charge in [0.15, 0.2) is 0 Å². The summed E-state index contributed by atoms with van der Waals surface area (Å²) in [5.74, 6) is 1.15. The zero-order valence-corrected chi connectivity index (χ0v) is 17.8. The molecule has 0 amide bonds. The number of ether oxygens (including phenoxy) is 1. The lowest BCUT2D eigenvalue weighted by Gasteiger charge is -2.44. The Morgan fingerprint density at radius 1 is 1.13 bits per heavy atom. The van der Waals surface area contributed by atoms with Crippen molar-refractivity contribution in [3.05, 3.63) is 77.0 Å². The van der Waals surface area contributed by atoms with Crippen LogP contribution in [0.5, 0.6) is 5.75 Å². The normalized spacial score (nSPS) is 22.8. The van der Waals surface area contributed by atoms with Gasteiger partial charge in [0.1, 0.15) is 5.75 Å². The van der Waals surface area contributed by atoms with Gasteiger partial charge in [-0.1, -0.05) is 42.0 Å². The van der Waals surface area contributed by atoms with Gasteiger partial charge in [0, 0.05) is 48.8 Å². The summed E-state index contributed by atoms with van der Waals surface area (Å²) in [4.78, 5) is 2.62. The number of allylic oxidation sites excluding steroid dienone is 1. The summed E-state index contributed by atoms with van der Waals surface area (Å²) >= 11 is 0. The fourth-order valence-corrected chi connectivity index (χ4v) is 5.46. The van der Waals surface area contributed by atoms with Gasteiger partial charge in [-0.05, 0) is 49.1 Å². The fraction of sp³-hybridized carbons (Fsp3) is 0.385. The van der Waals surface area contributed by atoms with Gasteiger partial charge in [0.25, 0.3) is 0 Å². The Hall–Kier alpha value is -2.56. The second-order valence-corrected chi connectivity index (χ2v) is 8.53. The molecular weight excluding hydrogens is 372 g/mol. The number of rotatable bonds is 4. The minimum atomic E-state index is 0.234. The van der Waals surface area contributed by atoms with Crippen LogP contribution in [-0.2, 0) is 13.0 Å². The number of benzene rings is 2. The summed E-state index contributed by atoms with van der Waals surface area (Å²) in [7, 11) is 1.71. The van der Waals surface area contributed by atoms with Crippen LogP contribution in [-0.4, -0.2) is 41.4 Å². The molecule has 0 spiro atoms. The summed E-state index contributed by atoms with van der Waals surface area (Å²) in [6.07, 6.45) is 4.28. The van der Waals surface area contributed by atoms with Crippen molar-refractivity contribution < 1.29 is 9.84 Å². The maximum Gasteiger partial charge on any atom is 0.118 e. The van der Waals surface area contributed by atoms with Gasteiger partial charge in [-0.2, -0.15) is 0 Å². The predicted octanol–water partition coefficient (Wildman–Crippen LogP) is 4.56. The van der Waals surface area contributed by atoms with Gasteiger partial charge in [0.2, 0.25) is 0 Å². The molecule has 0 unspecified atom stereocenters. The highest BCUT2D eigenvalue weighted by Crippen LogP contribution is 2.44. The van der Waals surface area contributed by atoms with E-state index in [0.717, 1.165) is 38.2 Å². The van der Waals surface area contributed by atoms with Crippen LogP contribution in [0.15, 0.2) is 60.2 Å². The molecule has 156 valence electrons. The first-order chi connectivity index (χ1) is 14.7. The Labute approximate surface area is 178 Å². The van der Waals surface area contributed by atoms with Crippen molar-refractivity contribution in [2.75, 3.05) is 26.8 Å². The predicted molar refractivity (Wildman–Crippen MR) is 121 cm³/mol. The van der Waals surface area contributed by atoms with Crippen molar-refractivity contribution >= 4 is 10.9 Å². The van der Waals surface area contributed by atoms with Crippen LogP contribution in [0, 0.1) is 5.92 Å². The number of fused-ring (bicyclic) bond motifs is 5. The molecule has 1 saturated heterocycles. The van der Waals surface area contributed by atoms with E-state index in [4.69, 9.17) is 4.74 Å². The van der Waals surface area contributed by atoms with E-state index >= 15 is 0 Å². The summed E-state index contributed by atoms with van der Waals surface area (Å²) < 4.78 is 7.86. The number of hydrogen-bond acceptors (Lipinski definition) is 3. The number of aliphatic hydroxyl groups is 1. The molecule has 5 rings (SSSR count). The van der Waals surface area contributed by atoms with Gasteiger partial charge < -0.3 is 14.4 Å². The Bertz CT molecular complexity index is 1080. The maximum atomic E-state index is 10.0. The number of aliphatic hydroxyl groups excluding tert-OH is 1. The van der Waals surface area contributed by atoms with Crippen LogP contribution in [0.1, 0.15) is 36.2 Å². The van der Waals surface area contributed by atoms with Crippen molar-refractivity contribution in [2.45, 2.75) is 32.4 Å². The minimum absolute atomic E-state index is 0.234. The molecule has 4 heteroatoms. The van der Waals surface area contributed by atoms with Gasteiger partial charge in [-0.15, -0.1) is 0 Å². The SMILES string of the molecule is C/C=C1/CN2CCc3c(n(Cc4ccc(OC)cc4)c4ccccc34)[C@@H]2C[C@@H]1CO. The number of aromatic nitrogens is 1. The molecular formula is C26H30N2O2. The third-order valence-electron chi connectivity index (χ3n) is 7.03. The maximum absolute atomic E-state index is 10.0. The van der Waals surface area contributed by atoms with Crippen molar-refractivity contribution in [3.8, 4) is 5.75 Å². The first-order valence-corrected chi connectivity index (χ1v) is 11.0. The van der Waals surface area contributed by atoms with Crippen molar-refractivity contribution in [1.29, 1.82) is 0 Å². The molecule has 4 nitrogen and oxygen atoms in total. The highest BCUT2D eigenvalue weighted by Gasteiger charge is 2.38. The summed E-state index contributed by atoms with van der Waals surface area (Å²) in [6.45, 7) is 5.25. The zero-order valence-electron chi connectivity index (χ0n) is 17.8. The first kappa shape index (κ1) is 19.4. The Morgan fingerprint density at radius 2 is 1.93 bits per heavy atom. The molecule has 1 fully saturated rings. The van der Waals surface area contributed by atoms with E-state index in [2.05, 4.69) is 58.9 Å². The van der Waals surface area contributed by atoms with Crippen molar-refractivity contribution in [1.82, 2.24) is 9.47 Å². The van der Waals surface area contributed by atoms with Crippen LogP contribution in [0.3, 0.4) is 0 Å². The fourth-order valence-electron chi connectivity index (χ4n) is 5.46. The van der Waals surface area contributed by atoms with E-state index in [1.807, 2.05) is 12.1 Å². The summed E-state index contributed by atoms with van der Waals surface area (Å²) in [5, 5.41) is 11.4. The Balaban J connectivity index is 1.61. The molecule has 1 N–H and O–H groups in total.